The third-order valence-corrected chi connectivity index (χ3v) is 6.09. The van der Waals surface area contributed by atoms with E-state index in [0.29, 0.717) is 11.1 Å². The molecule has 0 saturated carbocycles. The van der Waals surface area contributed by atoms with Crippen molar-refractivity contribution in [3.05, 3.63) is 64.9 Å². The van der Waals surface area contributed by atoms with Gasteiger partial charge in [0.1, 0.15) is 11.3 Å². The van der Waals surface area contributed by atoms with E-state index < -0.39 is 15.9 Å². The monoisotopic (exact) mass is 344 g/mol. The molecule has 126 valence electrons. The third kappa shape index (κ3) is 2.97. The Balaban J connectivity index is 1.96. The number of para-hydroxylation sites is 1. The van der Waals surface area contributed by atoms with Gasteiger partial charge in [-0.3, -0.25) is 0 Å². The predicted octanol–water partition coefficient (Wildman–Crippen LogP) is 3.87. The molecule has 0 aliphatic heterocycles. The van der Waals surface area contributed by atoms with Crippen LogP contribution in [-0.2, 0) is 9.84 Å². The summed E-state index contributed by atoms with van der Waals surface area (Å²) in [6.07, 6.45) is -1.15. The largest absolute Gasteiger partial charge is 0.461 e. The van der Waals surface area contributed by atoms with Crippen molar-refractivity contribution in [1.29, 1.82) is 0 Å². The van der Waals surface area contributed by atoms with Crippen LogP contribution in [0.4, 0.5) is 0 Å². The molecule has 0 aliphatic rings. The van der Waals surface area contributed by atoms with Crippen molar-refractivity contribution in [2.45, 2.75) is 31.8 Å². The van der Waals surface area contributed by atoms with Crippen LogP contribution in [0.15, 0.2) is 51.8 Å². The van der Waals surface area contributed by atoms with E-state index in [4.69, 9.17) is 4.42 Å². The molecule has 1 atom stereocenters. The lowest BCUT2D eigenvalue weighted by atomic mass is 10.1. The molecule has 2 aromatic carbocycles. The maximum Gasteiger partial charge on any atom is 0.181 e. The van der Waals surface area contributed by atoms with Crippen molar-refractivity contribution in [3.8, 4) is 0 Å². The normalized spacial score (nSPS) is 13.3. The summed E-state index contributed by atoms with van der Waals surface area (Å²) in [5.74, 6) is 0.389. The minimum absolute atomic E-state index is 0.214. The second-order valence-corrected chi connectivity index (χ2v) is 8.15. The maximum absolute atomic E-state index is 12.5. The van der Waals surface area contributed by atoms with Crippen LogP contribution >= 0.6 is 0 Å². The summed E-state index contributed by atoms with van der Waals surface area (Å²) in [6.45, 7) is 5.70. The van der Waals surface area contributed by atoms with E-state index >= 15 is 0 Å². The fourth-order valence-electron chi connectivity index (χ4n) is 2.79. The van der Waals surface area contributed by atoms with Gasteiger partial charge in [-0.1, -0.05) is 35.9 Å². The highest BCUT2D eigenvalue weighted by Crippen LogP contribution is 2.31. The lowest BCUT2D eigenvalue weighted by Gasteiger charge is -2.12. The van der Waals surface area contributed by atoms with Crippen LogP contribution in [0.1, 0.15) is 28.6 Å². The molecule has 3 aromatic rings. The zero-order chi connectivity index (χ0) is 17.5. The molecular weight excluding hydrogens is 324 g/mol. The molecular formula is C19H20O4S. The van der Waals surface area contributed by atoms with Crippen LogP contribution in [0.25, 0.3) is 11.0 Å². The molecule has 0 saturated heterocycles. The van der Waals surface area contributed by atoms with Crippen LogP contribution < -0.4 is 0 Å². The number of rotatable bonds is 4. The van der Waals surface area contributed by atoms with Gasteiger partial charge in [0.15, 0.2) is 9.84 Å². The molecule has 3 rings (SSSR count). The minimum atomic E-state index is -3.59. The number of sulfone groups is 1. The predicted molar refractivity (Wildman–Crippen MR) is 93.9 cm³/mol. The van der Waals surface area contributed by atoms with Crippen molar-refractivity contribution >= 4 is 20.8 Å². The summed E-state index contributed by atoms with van der Waals surface area (Å²) in [7, 11) is -3.59. The van der Waals surface area contributed by atoms with Gasteiger partial charge in [-0.25, -0.2) is 8.42 Å². The minimum Gasteiger partial charge on any atom is -0.461 e. The van der Waals surface area contributed by atoms with Crippen LogP contribution in [0.3, 0.4) is 0 Å². The second kappa shape index (κ2) is 6.07. The van der Waals surface area contributed by atoms with Gasteiger partial charge < -0.3 is 9.52 Å². The molecule has 4 nitrogen and oxygen atoms in total. The molecule has 0 aliphatic carbocycles. The summed E-state index contributed by atoms with van der Waals surface area (Å²) in [5.41, 5.74) is 3.04. The molecule has 0 amide bonds. The van der Waals surface area contributed by atoms with Crippen LogP contribution in [0.5, 0.6) is 0 Å². The Morgan fingerprint density at radius 1 is 1.04 bits per heavy atom. The van der Waals surface area contributed by atoms with Crippen molar-refractivity contribution < 1.29 is 17.9 Å². The molecule has 0 radical (unpaired) electrons. The van der Waals surface area contributed by atoms with E-state index in [1.54, 1.807) is 36.4 Å². The fraction of sp³-hybridized carbons (Fsp3) is 0.263. The first-order valence-electron chi connectivity index (χ1n) is 7.75. The molecule has 1 N–H and O–H groups in total. The Labute approximate surface area is 141 Å². The van der Waals surface area contributed by atoms with Crippen molar-refractivity contribution in [3.63, 3.8) is 0 Å². The van der Waals surface area contributed by atoms with E-state index in [9.17, 15) is 13.5 Å². The first-order chi connectivity index (χ1) is 11.3. The van der Waals surface area contributed by atoms with E-state index in [-0.39, 0.29) is 10.6 Å². The van der Waals surface area contributed by atoms with Crippen molar-refractivity contribution in [2.24, 2.45) is 0 Å². The zero-order valence-corrected chi connectivity index (χ0v) is 14.7. The van der Waals surface area contributed by atoms with Crippen LogP contribution in [0.2, 0.25) is 0 Å². The van der Waals surface area contributed by atoms with Gasteiger partial charge in [-0.2, -0.15) is 0 Å². The lowest BCUT2D eigenvalue weighted by molar-refractivity contribution is 0.202. The number of fused-ring (bicyclic) bond motifs is 1. The smallest absolute Gasteiger partial charge is 0.181 e. The average molecular weight is 344 g/mol. The van der Waals surface area contributed by atoms with Crippen molar-refractivity contribution in [2.75, 3.05) is 5.75 Å². The zero-order valence-electron chi connectivity index (χ0n) is 13.9. The topological polar surface area (TPSA) is 67.5 Å². The summed E-state index contributed by atoms with van der Waals surface area (Å²) in [6, 6.07) is 12.1. The van der Waals surface area contributed by atoms with Crippen molar-refractivity contribution in [1.82, 2.24) is 0 Å². The number of aliphatic hydroxyl groups is 1. The van der Waals surface area contributed by atoms with Crippen LogP contribution in [0, 0.1) is 20.8 Å². The molecule has 5 heteroatoms. The third-order valence-electron chi connectivity index (χ3n) is 4.35. The lowest BCUT2D eigenvalue weighted by Crippen LogP contribution is -2.15. The van der Waals surface area contributed by atoms with E-state index in [0.717, 1.165) is 22.3 Å². The van der Waals surface area contributed by atoms with E-state index in [1.165, 1.54) is 0 Å². The molecule has 1 heterocycles. The Bertz CT molecular complexity index is 982. The summed E-state index contributed by atoms with van der Waals surface area (Å²) in [5, 5.41) is 11.4. The number of hydrogen-bond acceptors (Lipinski definition) is 4. The first kappa shape index (κ1) is 16.7. The van der Waals surface area contributed by atoms with Gasteiger partial charge in [0.25, 0.3) is 0 Å². The van der Waals surface area contributed by atoms with Gasteiger partial charge >= 0.3 is 0 Å². The highest BCUT2D eigenvalue weighted by molar-refractivity contribution is 7.91. The Hall–Kier alpha value is -2.11. The van der Waals surface area contributed by atoms with Crippen LogP contribution in [-0.4, -0.2) is 19.3 Å². The van der Waals surface area contributed by atoms with E-state index in [1.807, 2.05) is 26.8 Å². The van der Waals surface area contributed by atoms with Gasteiger partial charge in [-0.15, -0.1) is 0 Å². The Morgan fingerprint density at radius 2 is 1.71 bits per heavy atom. The number of aliphatic hydroxyl groups excluding tert-OH is 1. The molecule has 0 unspecified atom stereocenters. The highest BCUT2D eigenvalue weighted by atomic mass is 32.2. The van der Waals surface area contributed by atoms with Gasteiger partial charge in [0.05, 0.1) is 16.8 Å². The molecule has 1 aromatic heterocycles. The van der Waals surface area contributed by atoms with Gasteiger partial charge in [0.2, 0.25) is 0 Å². The summed E-state index contributed by atoms with van der Waals surface area (Å²) in [4.78, 5) is 0.214. The SMILES string of the molecule is Cc1ccc(S(=O)(=O)C[C@H](O)c2cccc3c(C)c(C)oc23)cc1. The summed E-state index contributed by atoms with van der Waals surface area (Å²) < 4.78 is 30.8. The molecule has 0 fully saturated rings. The summed E-state index contributed by atoms with van der Waals surface area (Å²) >= 11 is 0. The van der Waals surface area contributed by atoms with Gasteiger partial charge in [0, 0.05) is 10.9 Å². The first-order valence-corrected chi connectivity index (χ1v) is 9.41. The maximum atomic E-state index is 12.5. The highest BCUT2D eigenvalue weighted by Gasteiger charge is 2.24. The molecule has 0 bridgehead atoms. The second-order valence-electron chi connectivity index (χ2n) is 6.12. The van der Waals surface area contributed by atoms with E-state index in [2.05, 4.69) is 0 Å². The number of benzene rings is 2. The molecule has 0 spiro atoms. The Morgan fingerprint density at radius 3 is 2.38 bits per heavy atom. The number of hydrogen-bond donors (Lipinski definition) is 1. The average Bonchev–Trinajstić information content (AvgIpc) is 2.82. The fourth-order valence-corrected chi connectivity index (χ4v) is 4.12. The number of furan rings is 1. The molecule has 24 heavy (non-hydrogen) atoms. The number of aryl methyl sites for hydroxylation is 3. The van der Waals surface area contributed by atoms with Gasteiger partial charge in [-0.05, 0) is 38.5 Å². The Kier molecular flexibility index (Phi) is 4.24. The quantitative estimate of drug-likeness (QED) is 0.780. The standard InChI is InChI=1S/C19H20O4S/c1-12-7-9-15(10-8-12)24(21,22)11-18(20)17-6-4-5-16-13(2)14(3)23-19(16)17/h4-10,18,20H,11H2,1-3H3/t18-/m0/s1.